The van der Waals surface area contributed by atoms with Crippen molar-refractivity contribution in [2.24, 2.45) is 0 Å². The maximum Gasteiger partial charge on any atom is 0.417 e. The number of ether oxygens (including phenoxy) is 2. The highest BCUT2D eigenvalue weighted by atomic mass is 32.2. The van der Waals surface area contributed by atoms with E-state index in [0.29, 0.717) is 11.8 Å². The van der Waals surface area contributed by atoms with Crippen LogP contribution in [0.3, 0.4) is 0 Å². The molecule has 2 aromatic carbocycles. The highest BCUT2D eigenvalue weighted by Crippen LogP contribution is 2.34. The van der Waals surface area contributed by atoms with E-state index in [1.54, 1.807) is 4.72 Å². The summed E-state index contributed by atoms with van der Waals surface area (Å²) in [5.41, 5.74) is -1.46. The Labute approximate surface area is 140 Å². The lowest BCUT2D eigenvalue weighted by molar-refractivity contribution is -0.139. The number of alkyl halides is 3. The Morgan fingerprint density at radius 3 is 2.44 bits per heavy atom. The van der Waals surface area contributed by atoms with Gasteiger partial charge in [-0.25, -0.2) is 13.1 Å². The van der Waals surface area contributed by atoms with Gasteiger partial charge in [0.25, 0.3) is 15.9 Å². The van der Waals surface area contributed by atoms with Crippen LogP contribution in [0.2, 0.25) is 0 Å². The lowest BCUT2D eigenvalue weighted by Gasteiger charge is -2.13. The largest absolute Gasteiger partial charge is 0.454 e. The topological polar surface area (TPSA) is 81.7 Å². The fraction of sp³-hybridized carbons (Fsp3) is 0.133. The van der Waals surface area contributed by atoms with Crippen molar-refractivity contribution in [1.29, 1.82) is 0 Å². The second kappa shape index (κ2) is 5.96. The van der Waals surface area contributed by atoms with Crippen LogP contribution in [0.5, 0.6) is 11.5 Å². The lowest BCUT2D eigenvalue weighted by atomic mass is 10.2. The second-order valence-corrected chi connectivity index (χ2v) is 6.65. The molecule has 2 aromatic rings. The highest BCUT2D eigenvalue weighted by molar-refractivity contribution is 7.90. The van der Waals surface area contributed by atoms with Gasteiger partial charge < -0.3 is 9.47 Å². The molecule has 6 nitrogen and oxygen atoms in total. The number of carbonyl (C=O) groups is 1. The van der Waals surface area contributed by atoms with Gasteiger partial charge in [0.1, 0.15) is 0 Å². The zero-order valence-electron chi connectivity index (χ0n) is 12.3. The highest BCUT2D eigenvalue weighted by Gasteiger charge is 2.37. The normalized spacial score (nSPS) is 13.6. The van der Waals surface area contributed by atoms with Gasteiger partial charge in [0.15, 0.2) is 11.5 Å². The molecule has 1 N–H and O–H groups in total. The average molecular weight is 373 g/mol. The number of hydrogen-bond acceptors (Lipinski definition) is 5. The van der Waals surface area contributed by atoms with Crippen LogP contribution >= 0.6 is 0 Å². The van der Waals surface area contributed by atoms with Gasteiger partial charge in [-0.15, -0.1) is 0 Å². The van der Waals surface area contributed by atoms with E-state index in [4.69, 9.17) is 9.47 Å². The summed E-state index contributed by atoms with van der Waals surface area (Å²) in [5, 5.41) is 0. The summed E-state index contributed by atoms with van der Waals surface area (Å²) in [6.07, 6.45) is -4.88. The summed E-state index contributed by atoms with van der Waals surface area (Å²) in [4.78, 5) is 11.1. The van der Waals surface area contributed by atoms with Crippen molar-refractivity contribution in [3.8, 4) is 11.5 Å². The van der Waals surface area contributed by atoms with Crippen molar-refractivity contribution >= 4 is 15.9 Å². The van der Waals surface area contributed by atoms with Gasteiger partial charge in [0.05, 0.1) is 10.5 Å². The Bertz CT molecular complexity index is 940. The minimum atomic E-state index is -4.88. The number of carbonyl (C=O) groups excluding carboxylic acids is 1. The molecule has 0 spiro atoms. The van der Waals surface area contributed by atoms with E-state index >= 15 is 0 Å². The first-order chi connectivity index (χ1) is 11.7. The van der Waals surface area contributed by atoms with E-state index in [1.165, 1.54) is 18.2 Å². The van der Waals surface area contributed by atoms with Crippen LogP contribution in [0.4, 0.5) is 13.2 Å². The molecule has 132 valence electrons. The molecule has 1 heterocycles. The molecule has 0 saturated carbocycles. The molecule has 0 fully saturated rings. The zero-order valence-corrected chi connectivity index (χ0v) is 13.1. The number of sulfonamides is 1. The van der Waals surface area contributed by atoms with Gasteiger partial charge in [-0.3, -0.25) is 4.79 Å². The first-order valence-corrected chi connectivity index (χ1v) is 8.30. The molecular formula is C15H10F3NO5S. The Morgan fingerprint density at radius 1 is 1.04 bits per heavy atom. The smallest absolute Gasteiger partial charge is 0.417 e. The molecule has 10 heteroatoms. The Morgan fingerprint density at radius 2 is 1.72 bits per heavy atom. The molecule has 0 aromatic heterocycles. The van der Waals surface area contributed by atoms with E-state index in [9.17, 15) is 26.4 Å². The minimum absolute atomic E-state index is 0.0440. The third kappa shape index (κ3) is 3.38. The van der Waals surface area contributed by atoms with Crippen LogP contribution in [0.25, 0.3) is 0 Å². The summed E-state index contributed by atoms with van der Waals surface area (Å²) < 4.78 is 75.2. The van der Waals surface area contributed by atoms with Crippen LogP contribution < -0.4 is 14.2 Å². The van der Waals surface area contributed by atoms with Crippen molar-refractivity contribution < 1.29 is 35.9 Å². The standard InChI is InChI=1S/C15H10F3NO5S/c16-15(17,18)10-3-1-2-4-13(10)25(21,22)19-14(20)9-5-6-11-12(7-9)24-8-23-11/h1-7H,8H2,(H,19,20). The van der Waals surface area contributed by atoms with E-state index < -0.39 is 32.6 Å². The van der Waals surface area contributed by atoms with E-state index in [1.807, 2.05) is 0 Å². The molecule has 0 radical (unpaired) electrons. The maximum absolute atomic E-state index is 13.0. The quantitative estimate of drug-likeness (QED) is 0.894. The third-order valence-electron chi connectivity index (χ3n) is 3.34. The summed E-state index contributed by atoms with van der Waals surface area (Å²) in [5.74, 6) is -0.474. The minimum Gasteiger partial charge on any atom is -0.454 e. The van der Waals surface area contributed by atoms with Gasteiger partial charge in [-0.2, -0.15) is 13.2 Å². The average Bonchev–Trinajstić information content (AvgIpc) is 3.01. The van der Waals surface area contributed by atoms with Gasteiger partial charge >= 0.3 is 6.18 Å². The molecule has 0 aliphatic carbocycles. The predicted molar refractivity (Wildman–Crippen MR) is 78.7 cm³/mol. The molecule has 0 bridgehead atoms. The number of amides is 1. The Kier molecular flexibility index (Phi) is 4.07. The van der Waals surface area contributed by atoms with Crippen LogP contribution in [0, 0.1) is 0 Å². The molecular weight excluding hydrogens is 363 g/mol. The van der Waals surface area contributed by atoms with Crippen LogP contribution in [-0.2, 0) is 16.2 Å². The molecule has 25 heavy (non-hydrogen) atoms. The summed E-state index contributed by atoms with van der Waals surface area (Å²) in [6.45, 7) is -0.0440. The molecule has 0 atom stereocenters. The fourth-order valence-electron chi connectivity index (χ4n) is 2.21. The summed E-state index contributed by atoms with van der Waals surface area (Å²) in [7, 11) is -4.73. The molecule has 1 aliphatic rings. The first-order valence-electron chi connectivity index (χ1n) is 6.81. The van der Waals surface area contributed by atoms with E-state index in [-0.39, 0.29) is 18.1 Å². The number of nitrogens with one attached hydrogen (secondary N) is 1. The number of hydrogen-bond donors (Lipinski definition) is 1. The molecule has 1 aliphatic heterocycles. The van der Waals surface area contributed by atoms with E-state index in [2.05, 4.69) is 0 Å². The van der Waals surface area contributed by atoms with Gasteiger partial charge in [-0.1, -0.05) is 12.1 Å². The number of halogens is 3. The van der Waals surface area contributed by atoms with Crippen molar-refractivity contribution in [3.05, 3.63) is 53.6 Å². The van der Waals surface area contributed by atoms with Gasteiger partial charge in [0, 0.05) is 5.56 Å². The van der Waals surface area contributed by atoms with Crippen LogP contribution in [-0.4, -0.2) is 21.1 Å². The van der Waals surface area contributed by atoms with Crippen molar-refractivity contribution in [2.45, 2.75) is 11.1 Å². The molecule has 0 saturated heterocycles. The third-order valence-corrected chi connectivity index (χ3v) is 4.73. The zero-order chi connectivity index (χ0) is 18.2. The van der Waals surface area contributed by atoms with Crippen molar-refractivity contribution in [3.63, 3.8) is 0 Å². The van der Waals surface area contributed by atoms with E-state index in [0.717, 1.165) is 18.2 Å². The van der Waals surface area contributed by atoms with Crippen molar-refractivity contribution in [2.75, 3.05) is 6.79 Å². The van der Waals surface area contributed by atoms with Gasteiger partial charge in [-0.05, 0) is 30.3 Å². The number of fused-ring (bicyclic) bond motifs is 1. The number of rotatable bonds is 3. The second-order valence-electron chi connectivity index (χ2n) is 5.00. The fourth-order valence-corrected chi connectivity index (χ4v) is 3.41. The molecule has 3 rings (SSSR count). The lowest BCUT2D eigenvalue weighted by Crippen LogP contribution is -2.32. The maximum atomic E-state index is 13.0. The van der Waals surface area contributed by atoms with Crippen LogP contribution in [0.1, 0.15) is 15.9 Å². The number of benzene rings is 2. The van der Waals surface area contributed by atoms with Crippen molar-refractivity contribution in [1.82, 2.24) is 4.72 Å². The monoisotopic (exact) mass is 373 g/mol. The molecule has 0 unspecified atom stereocenters. The first kappa shape index (κ1) is 17.1. The predicted octanol–water partition coefficient (Wildman–Crippen LogP) is 2.55. The summed E-state index contributed by atoms with van der Waals surface area (Å²) in [6, 6.07) is 7.50. The Hall–Kier alpha value is -2.75. The molecule has 1 amide bonds. The van der Waals surface area contributed by atoms with Gasteiger partial charge in [0.2, 0.25) is 6.79 Å². The van der Waals surface area contributed by atoms with Crippen LogP contribution in [0.15, 0.2) is 47.4 Å². The SMILES string of the molecule is O=C(NS(=O)(=O)c1ccccc1C(F)(F)F)c1ccc2c(c1)OCO2. The Balaban J connectivity index is 1.91. The summed E-state index contributed by atoms with van der Waals surface area (Å²) >= 11 is 0.